The summed E-state index contributed by atoms with van der Waals surface area (Å²) in [5.41, 5.74) is 0.417. The smallest absolute Gasteiger partial charge is 0.0176 e. The molecule has 0 heterocycles. The molecule has 14 heavy (non-hydrogen) atoms. The normalized spacial score (nSPS) is 15.9. The van der Waals surface area contributed by atoms with Crippen molar-refractivity contribution in [2.24, 2.45) is 5.92 Å². The molecule has 0 aliphatic rings. The Labute approximate surface area is 90.7 Å². The molecule has 1 nitrogen and oxygen atoms in total. The number of unbranched alkanes of at least 4 members (excludes halogenated alkanes) is 1. The van der Waals surface area contributed by atoms with Gasteiger partial charge in [-0.1, -0.05) is 40.5 Å². The van der Waals surface area contributed by atoms with E-state index in [2.05, 4.69) is 40.1 Å². The maximum atomic E-state index is 3.56. The predicted molar refractivity (Wildman–Crippen MR) is 65.7 cm³/mol. The molecule has 0 aromatic heterocycles. The highest BCUT2D eigenvalue weighted by Gasteiger charge is 2.24. The average Bonchev–Trinajstić information content (AvgIpc) is 2.19. The number of rotatable bonds is 8. The largest absolute Gasteiger partial charge is 0.314 e. The van der Waals surface area contributed by atoms with Crippen molar-refractivity contribution in [3.05, 3.63) is 0 Å². The summed E-state index contributed by atoms with van der Waals surface area (Å²) in [6.45, 7) is 9.22. The molecule has 1 heteroatoms. The van der Waals surface area contributed by atoms with Crippen LogP contribution in [-0.2, 0) is 0 Å². The highest BCUT2D eigenvalue weighted by atomic mass is 14.9. The van der Waals surface area contributed by atoms with Crippen molar-refractivity contribution < 1.29 is 0 Å². The van der Waals surface area contributed by atoms with Crippen molar-refractivity contribution in [2.45, 2.75) is 71.8 Å². The van der Waals surface area contributed by atoms with Gasteiger partial charge in [-0.05, 0) is 38.6 Å². The van der Waals surface area contributed by atoms with Crippen LogP contribution in [0.3, 0.4) is 0 Å². The van der Waals surface area contributed by atoms with Crippen LogP contribution in [0.5, 0.6) is 0 Å². The van der Waals surface area contributed by atoms with E-state index in [9.17, 15) is 0 Å². The minimum Gasteiger partial charge on any atom is -0.314 e. The molecule has 0 rings (SSSR count). The van der Waals surface area contributed by atoms with E-state index in [1.807, 2.05) is 0 Å². The van der Waals surface area contributed by atoms with Gasteiger partial charge in [-0.25, -0.2) is 0 Å². The van der Waals surface area contributed by atoms with Crippen LogP contribution in [0.4, 0.5) is 0 Å². The lowest BCUT2D eigenvalue weighted by Gasteiger charge is -2.33. The summed E-state index contributed by atoms with van der Waals surface area (Å²) in [5.74, 6) is 0.830. The van der Waals surface area contributed by atoms with Crippen LogP contribution in [0, 0.1) is 5.92 Å². The number of hydrogen-bond acceptors (Lipinski definition) is 1. The molecule has 0 bridgehead atoms. The zero-order valence-corrected chi connectivity index (χ0v) is 10.8. The second kappa shape index (κ2) is 7.28. The summed E-state index contributed by atoms with van der Waals surface area (Å²) < 4.78 is 0. The fourth-order valence-corrected chi connectivity index (χ4v) is 1.99. The minimum atomic E-state index is 0.417. The standard InChI is InChI=1S/C13H29N/c1-6-8-10-13(7-2,14-5)11-9-12(3)4/h12,14H,6-11H2,1-5H3/t13-/m1/s1. The summed E-state index contributed by atoms with van der Waals surface area (Å²) in [4.78, 5) is 0. The molecule has 0 unspecified atom stereocenters. The van der Waals surface area contributed by atoms with E-state index in [-0.39, 0.29) is 0 Å². The summed E-state index contributed by atoms with van der Waals surface area (Å²) >= 11 is 0. The summed E-state index contributed by atoms with van der Waals surface area (Å²) in [6, 6.07) is 0. The molecule has 1 N–H and O–H groups in total. The molecule has 0 aromatic rings. The lowest BCUT2D eigenvalue weighted by molar-refractivity contribution is 0.263. The number of hydrogen-bond donors (Lipinski definition) is 1. The lowest BCUT2D eigenvalue weighted by Crippen LogP contribution is -2.42. The van der Waals surface area contributed by atoms with Gasteiger partial charge in [-0.3, -0.25) is 0 Å². The summed E-state index contributed by atoms with van der Waals surface area (Å²) in [5, 5.41) is 3.56. The SMILES string of the molecule is CCCC[C@](CC)(CCC(C)C)NC. The summed E-state index contributed by atoms with van der Waals surface area (Å²) in [7, 11) is 2.12. The monoisotopic (exact) mass is 199 g/mol. The Morgan fingerprint density at radius 1 is 1.14 bits per heavy atom. The van der Waals surface area contributed by atoms with Gasteiger partial charge in [0.05, 0.1) is 0 Å². The molecule has 0 saturated heterocycles. The Balaban J connectivity index is 4.07. The first-order valence-electron chi connectivity index (χ1n) is 6.29. The fraction of sp³-hybridized carbons (Fsp3) is 1.00. The first kappa shape index (κ1) is 14.0. The molecule has 0 aliphatic carbocycles. The Kier molecular flexibility index (Phi) is 7.26. The molecule has 0 fully saturated rings. The van der Waals surface area contributed by atoms with Crippen LogP contribution < -0.4 is 5.32 Å². The van der Waals surface area contributed by atoms with Gasteiger partial charge in [0.25, 0.3) is 0 Å². The molecular weight excluding hydrogens is 170 g/mol. The quantitative estimate of drug-likeness (QED) is 0.623. The van der Waals surface area contributed by atoms with E-state index in [0.717, 1.165) is 5.92 Å². The van der Waals surface area contributed by atoms with E-state index in [1.165, 1.54) is 38.5 Å². The first-order valence-corrected chi connectivity index (χ1v) is 6.29. The van der Waals surface area contributed by atoms with E-state index in [0.29, 0.717) is 5.54 Å². The van der Waals surface area contributed by atoms with Gasteiger partial charge in [0.2, 0.25) is 0 Å². The molecule has 0 spiro atoms. The van der Waals surface area contributed by atoms with Gasteiger partial charge in [0, 0.05) is 5.54 Å². The van der Waals surface area contributed by atoms with Crippen molar-refractivity contribution in [3.8, 4) is 0 Å². The molecule has 0 saturated carbocycles. The van der Waals surface area contributed by atoms with E-state index >= 15 is 0 Å². The fourth-order valence-electron chi connectivity index (χ4n) is 1.99. The molecule has 86 valence electrons. The highest BCUT2D eigenvalue weighted by molar-refractivity contribution is 4.85. The van der Waals surface area contributed by atoms with Crippen LogP contribution in [0.1, 0.15) is 66.2 Å². The van der Waals surface area contributed by atoms with Crippen LogP contribution in [0.2, 0.25) is 0 Å². The second-order valence-corrected chi connectivity index (χ2v) is 4.92. The Hall–Kier alpha value is -0.0400. The average molecular weight is 199 g/mol. The molecule has 0 aliphatic heterocycles. The first-order chi connectivity index (χ1) is 6.60. The third-order valence-electron chi connectivity index (χ3n) is 3.42. The zero-order valence-electron chi connectivity index (χ0n) is 10.8. The van der Waals surface area contributed by atoms with E-state index < -0.39 is 0 Å². The maximum Gasteiger partial charge on any atom is 0.0176 e. The third kappa shape index (κ3) is 4.99. The van der Waals surface area contributed by atoms with Crippen molar-refractivity contribution >= 4 is 0 Å². The van der Waals surface area contributed by atoms with Crippen LogP contribution >= 0.6 is 0 Å². The lowest BCUT2D eigenvalue weighted by atomic mass is 9.83. The van der Waals surface area contributed by atoms with Crippen LogP contribution in [-0.4, -0.2) is 12.6 Å². The Morgan fingerprint density at radius 3 is 2.14 bits per heavy atom. The van der Waals surface area contributed by atoms with Crippen molar-refractivity contribution in [1.29, 1.82) is 0 Å². The van der Waals surface area contributed by atoms with Crippen LogP contribution in [0.15, 0.2) is 0 Å². The van der Waals surface area contributed by atoms with Crippen LogP contribution in [0.25, 0.3) is 0 Å². The predicted octanol–water partition coefficient (Wildman–Crippen LogP) is 3.98. The Morgan fingerprint density at radius 2 is 1.79 bits per heavy atom. The summed E-state index contributed by atoms with van der Waals surface area (Å²) in [6.07, 6.45) is 7.94. The number of nitrogens with one attached hydrogen (secondary N) is 1. The zero-order chi connectivity index (χ0) is 11.0. The molecular formula is C13H29N. The topological polar surface area (TPSA) is 12.0 Å². The van der Waals surface area contributed by atoms with Gasteiger partial charge in [0.15, 0.2) is 0 Å². The molecule has 1 atom stereocenters. The maximum absolute atomic E-state index is 3.56. The van der Waals surface area contributed by atoms with Crippen molar-refractivity contribution in [2.75, 3.05) is 7.05 Å². The third-order valence-corrected chi connectivity index (χ3v) is 3.42. The molecule has 0 radical (unpaired) electrons. The van der Waals surface area contributed by atoms with Gasteiger partial charge in [-0.15, -0.1) is 0 Å². The Bertz CT molecular complexity index is 125. The second-order valence-electron chi connectivity index (χ2n) is 4.92. The van der Waals surface area contributed by atoms with Crippen molar-refractivity contribution in [1.82, 2.24) is 5.32 Å². The van der Waals surface area contributed by atoms with Gasteiger partial charge < -0.3 is 5.32 Å². The van der Waals surface area contributed by atoms with Gasteiger partial charge in [0.1, 0.15) is 0 Å². The minimum absolute atomic E-state index is 0.417. The van der Waals surface area contributed by atoms with Crippen molar-refractivity contribution in [3.63, 3.8) is 0 Å². The highest BCUT2D eigenvalue weighted by Crippen LogP contribution is 2.25. The van der Waals surface area contributed by atoms with Gasteiger partial charge >= 0.3 is 0 Å². The van der Waals surface area contributed by atoms with E-state index in [1.54, 1.807) is 0 Å². The van der Waals surface area contributed by atoms with E-state index in [4.69, 9.17) is 0 Å². The molecule has 0 aromatic carbocycles. The van der Waals surface area contributed by atoms with Gasteiger partial charge in [-0.2, -0.15) is 0 Å². The molecule has 0 amide bonds.